The third-order valence-corrected chi connectivity index (χ3v) is 4.37. The largest absolute Gasteiger partial charge is 0.393 e. The van der Waals surface area contributed by atoms with Gasteiger partial charge in [0.2, 0.25) is 0 Å². The number of hydrogen-bond acceptors (Lipinski definition) is 2. The van der Waals surface area contributed by atoms with E-state index in [1.807, 2.05) is 0 Å². The number of piperidine rings is 1. The van der Waals surface area contributed by atoms with E-state index in [0.29, 0.717) is 12.0 Å². The smallest absolute Gasteiger partial charge is 0.0563 e. The normalized spacial score (nSPS) is 32.6. The average Bonchev–Trinajstić information content (AvgIpc) is 2.70. The van der Waals surface area contributed by atoms with Crippen molar-refractivity contribution in [2.45, 2.75) is 44.8 Å². The second-order valence-electron chi connectivity index (χ2n) is 5.62. The van der Waals surface area contributed by atoms with Crippen LogP contribution in [-0.4, -0.2) is 23.8 Å². The highest BCUT2D eigenvalue weighted by atomic mass is 16.3. The zero-order valence-corrected chi connectivity index (χ0v) is 10.5. The van der Waals surface area contributed by atoms with Gasteiger partial charge in [0.1, 0.15) is 0 Å². The molecule has 1 saturated heterocycles. The molecule has 1 aliphatic heterocycles. The lowest BCUT2D eigenvalue weighted by Crippen LogP contribution is -2.42. The predicted octanol–water partition coefficient (Wildman–Crippen LogP) is 2.73. The highest BCUT2D eigenvalue weighted by molar-refractivity contribution is 5.49. The van der Waals surface area contributed by atoms with Gasteiger partial charge < -0.3 is 10.0 Å². The Labute approximate surface area is 103 Å². The quantitative estimate of drug-likeness (QED) is 0.803. The molecular weight excluding hydrogens is 210 g/mol. The summed E-state index contributed by atoms with van der Waals surface area (Å²) in [7, 11) is 0. The molecule has 3 atom stereocenters. The molecule has 0 amide bonds. The van der Waals surface area contributed by atoms with E-state index in [9.17, 15) is 5.11 Å². The maximum absolute atomic E-state index is 9.84. The molecule has 3 unspecified atom stereocenters. The first kappa shape index (κ1) is 11.1. The second kappa shape index (κ2) is 4.34. The third-order valence-electron chi connectivity index (χ3n) is 4.37. The molecule has 2 aliphatic rings. The molecule has 1 N–H and O–H groups in total. The van der Waals surface area contributed by atoms with Gasteiger partial charge in [0, 0.05) is 18.3 Å². The van der Waals surface area contributed by atoms with Gasteiger partial charge in [-0.05, 0) is 50.7 Å². The highest BCUT2D eigenvalue weighted by Crippen LogP contribution is 2.39. The molecule has 0 bridgehead atoms. The number of aliphatic hydroxyl groups is 1. The summed E-state index contributed by atoms with van der Waals surface area (Å²) < 4.78 is 0. The first-order valence-corrected chi connectivity index (χ1v) is 6.75. The van der Waals surface area contributed by atoms with Crippen LogP contribution >= 0.6 is 0 Å². The minimum Gasteiger partial charge on any atom is -0.393 e. The van der Waals surface area contributed by atoms with Crippen LogP contribution in [0.15, 0.2) is 24.3 Å². The van der Waals surface area contributed by atoms with E-state index in [1.165, 1.54) is 24.1 Å². The predicted molar refractivity (Wildman–Crippen MR) is 70.3 cm³/mol. The Morgan fingerprint density at radius 2 is 1.94 bits per heavy atom. The molecule has 0 aromatic heterocycles. The lowest BCUT2D eigenvalue weighted by molar-refractivity contribution is 0.177. The van der Waals surface area contributed by atoms with Crippen molar-refractivity contribution in [1.82, 2.24) is 0 Å². The first-order valence-electron chi connectivity index (χ1n) is 6.75. The maximum atomic E-state index is 9.84. The van der Waals surface area contributed by atoms with Crippen molar-refractivity contribution in [3.63, 3.8) is 0 Å². The standard InChI is InChI=1S/C15H21NO/c1-11-4-6-13(7-5-11)16-8-2-3-12-9-14(17)10-15(12)16/h4-7,12,14-15,17H,2-3,8-10H2,1H3. The van der Waals surface area contributed by atoms with Crippen LogP contribution in [0.4, 0.5) is 5.69 Å². The first-order chi connectivity index (χ1) is 8.24. The Morgan fingerprint density at radius 1 is 1.18 bits per heavy atom. The number of fused-ring (bicyclic) bond motifs is 1. The van der Waals surface area contributed by atoms with E-state index in [4.69, 9.17) is 0 Å². The Bertz CT molecular complexity index is 386. The zero-order valence-electron chi connectivity index (χ0n) is 10.5. The summed E-state index contributed by atoms with van der Waals surface area (Å²) in [6.07, 6.45) is 4.45. The molecule has 2 fully saturated rings. The Hall–Kier alpha value is -1.02. The summed E-state index contributed by atoms with van der Waals surface area (Å²) in [5.74, 6) is 0.708. The van der Waals surface area contributed by atoms with Gasteiger partial charge in [-0.25, -0.2) is 0 Å². The molecule has 1 saturated carbocycles. The fourth-order valence-electron chi connectivity index (χ4n) is 3.51. The highest BCUT2D eigenvalue weighted by Gasteiger charge is 2.39. The number of aliphatic hydroxyl groups excluding tert-OH is 1. The minimum atomic E-state index is -0.0731. The lowest BCUT2D eigenvalue weighted by atomic mass is 9.91. The van der Waals surface area contributed by atoms with Gasteiger partial charge in [0.25, 0.3) is 0 Å². The van der Waals surface area contributed by atoms with E-state index in [0.717, 1.165) is 19.4 Å². The molecule has 1 heterocycles. The van der Waals surface area contributed by atoms with Crippen molar-refractivity contribution in [2.75, 3.05) is 11.4 Å². The molecular formula is C15H21NO. The molecule has 1 aromatic carbocycles. The van der Waals surface area contributed by atoms with E-state index in [-0.39, 0.29) is 6.10 Å². The van der Waals surface area contributed by atoms with Gasteiger partial charge >= 0.3 is 0 Å². The summed E-state index contributed by atoms with van der Waals surface area (Å²) >= 11 is 0. The van der Waals surface area contributed by atoms with Crippen molar-refractivity contribution in [3.05, 3.63) is 29.8 Å². The van der Waals surface area contributed by atoms with E-state index in [2.05, 4.69) is 36.1 Å². The van der Waals surface area contributed by atoms with Gasteiger partial charge in [-0.2, -0.15) is 0 Å². The summed E-state index contributed by atoms with van der Waals surface area (Å²) in [6, 6.07) is 9.39. The molecule has 92 valence electrons. The monoisotopic (exact) mass is 231 g/mol. The topological polar surface area (TPSA) is 23.5 Å². The molecule has 2 heteroatoms. The van der Waals surface area contributed by atoms with Gasteiger partial charge in [-0.3, -0.25) is 0 Å². The Balaban J connectivity index is 1.84. The van der Waals surface area contributed by atoms with Gasteiger partial charge in [0.05, 0.1) is 6.10 Å². The lowest BCUT2D eigenvalue weighted by Gasteiger charge is -2.39. The zero-order chi connectivity index (χ0) is 11.8. The van der Waals surface area contributed by atoms with Crippen molar-refractivity contribution in [3.8, 4) is 0 Å². The van der Waals surface area contributed by atoms with Crippen LogP contribution in [0.25, 0.3) is 0 Å². The van der Waals surface area contributed by atoms with E-state index in [1.54, 1.807) is 0 Å². The van der Waals surface area contributed by atoms with Gasteiger partial charge in [-0.1, -0.05) is 17.7 Å². The van der Waals surface area contributed by atoms with E-state index >= 15 is 0 Å². The van der Waals surface area contributed by atoms with Crippen LogP contribution in [0.1, 0.15) is 31.2 Å². The molecule has 0 spiro atoms. The molecule has 0 radical (unpaired) electrons. The maximum Gasteiger partial charge on any atom is 0.0563 e. The number of nitrogens with zero attached hydrogens (tertiary/aromatic N) is 1. The van der Waals surface area contributed by atoms with Crippen LogP contribution in [0.5, 0.6) is 0 Å². The average molecular weight is 231 g/mol. The fraction of sp³-hybridized carbons (Fsp3) is 0.600. The van der Waals surface area contributed by atoms with Crippen molar-refractivity contribution < 1.29 is 5.11 Å². The molecule has 1 aromatic rings. The number of hydrogen-bond donors (Lipinski definition) is 1. The van der Waals surface area contributed by atoms with E-state index < -0.39 is 0 Å². The second-order valence-corrected chi connectivity index (χ2v) is 5.62. The Kier molecular flexibility index (Phi) is 2.83. The van der Waals surface area contributed by atoms with Crippen molar-refractivity contribution in [1.29, 1.82) is 0 Å². The number of benzene rings is 1. The minimum absolute atomic E-state index is 0.0731. The number of rotatable bonds is 1. The number of aryl methyl sites for hydroxylation is 1. The van der Waals surface area contributed by atoms with Crippen molar-refractivity contribution in [2.24, 2.45) is 5.92 Å². The molecule has 1 aliphatic carbocycles. The molecule has 17 heavy (non-hydrogen) atoms. The SMILES string of the molecule is Cc1ccc(N2CCCC3CC(O)CC32)cc1. The van der Waals surface area contributed by atoms with Crippen LogP contribution in [-0.2, 0) is 0 Å². The number of anilines is 1. The van der Waals surface area contributed by atoms with Crippen LogP contribution in [0.2, 0.25) is 0 Å². The fourth-order valence-corrected chi connectivity index (χ4v) is 3.51. The summed E-state index contributed by atoms with van der Waals surface area (Å²) in [4.78, 5) is 2.52. The third kappa shape index (κ3) is 2.06. The molecule has 2 nitrogen and oxygen atoms in total. The van der Waals surface area contributed by atoms with Crippen LogP contribution in [0, 0.1) is 12.8 Å². The van der Waals surface area contributed by atoms with Gasteiger partial charge in [-0.15, -0.1) is 0 Å². The Morgan fingerprint density at radius 3 is 2.71 bits per heavy atom. The van der Waals surface area contributed by atoms with Gasteiger partial charge in [0.15, 0.2) is 0 Å². The summed E-state index contributed by atoms with van der Waals surface area (Å²) in [6.45, 7) is 3.28. The van der Waals surface area contributed by atoms with Crippen LogP contribution in [0.3, 0.4) is 0 Å². The van der Waals surface area contributed by atoms with Crippen LogP contribution < -0.4 is 4.90 Å². The summed E-state index contributed by atoms with van der Waals surface area (Å²) in [5.41, 5.74) is 2.65. The summed E-state index contributed by atoms with van der Waals surface area (Å²) in [5, 5.41) is 9.84. The van der Waals surface area contributed by atoms with Crippen molar-refractivity contribution >= 4 is 5.69 Å². The molecule has 3 rings (SSSR count).